The molecular weight excluding hydrogens is 268 g/mol. The lowest BCUT2D eigenvalue weighted by Gasteiger charge is -2.41. The molecule has 0 aromatic rings. The first-order valence-electron chi connectivity index (χ1n) is 7.98. The van der Waals surface area contributed by atoms with Gasteiger partial charge in [0.25, 0.3) is 0 Å². The molecule has 1 saturated carbocycles. The first-order chi connectivity index (χ1) is 9.74. The van der Waals surface area contributed by atoms with Crippen LogP contribution in [0.15, 0.2) is 0 Å². The van der Waals surface area contributed by atoms with E-state index in [1.807, 2.05) is 18.7 Å². The highest BCUT2D eigenvalue weighted by Crippen LogP contribution is 2.56. The second kappa shape index (κ2) is 5.59. The van der Waals surface area contributed by atoms with Crippen molar-refractivity contribution in [1.82, 2.24) is 9.80 Å². The van der Waals surface area contributed by atoms with Crippen LogP contribution in [0.3, 0.4) is 0 Å². The first kappa shape index (κ1) is 16.3. The molecule has 1 amide bonds. The summed E-state index contributed by atoms with van der Waals surface area (Å²) in [4.78, 5) is 28.7. The maximum Gasteiger partial charge on any atom is 0.309 e. The molecule has 0 bridgehead atoms. The molecule has 0 aromatic heterocycles. The van der Waals surface area contributed by atoms with Gasteiger partial charge >= 0.3 is 5.97 Å². The van der Waals surface area contributed by atoms with E-state index in [9.17, 15) is 14.7 Å². The molecule has 0 aromatic carbocycles. The average Bonchev–Trinajstić information content (AvgIpc) is 2.70. The fourth-order valence-electron chi connectivity index (χ4n) is 3.82. The summed E-state index contributed by atoms with van der Waals surface area (Å²) in [5.74, 6) is -0.800. The normalized spacial score (nSPS) is 33.1. The van der Waals surface area contributed by atoms with Gasteiger partial charge in [0, 0.05) is 32.1 Å². The number of nitrogens with zero attached hydrogens (tertiary/aromatic N) is 2. The Morgan fingerprint density at radius 3 is 2.14 bits per heavy atom. The molecule has 2 fully saturated rings. The number of hydrogen-bond donors (Lipinski definition) is 1. The van der Waals surface area contributed by atoms with Crippen LogP contribution in [-0.4, -0.2) is 59.5 Å². The van der Waals surface area contributed by atoms with E-state index in [2.05, 4.69) is 11.8 Å². The van der Waals surface area contributed by atoms with Crippen LogP contribution in [0.25, 0.3) is 0 Å². The Kier molecular flexibility index (Phi) is 4.34. The fraction of sp³-hybridized carbons (Fsp3) is 0.875. The molecular formula is C16H28N2O3. The average molecular weight is 296 g/mol. The Labute approximate surface area is 127 Å². The monoisotopic (exact) mass is 296 g/mol. The van der Waals surface area contributed by atoms with Gasteiger partial charge in [-0.3, -0.25) is 9.59 Å². The van der Waals surface area contributed by atoms with Crippen LogP contribution in [0, 0.1) is 16.7 Å². The summed E-state index contributed by atoms with van der Waals surface area (Å²) in [5.41, 5.74) is -1.31. The largest absolute Gasteiger partial charge is 0.481 e. The molecule has 1 heterocycles. The second-order valence-electron chi connectivity index (χ2n) is 7.21. The predicted octanol–water partition coefficient (Wildman–Crippen LogP) is 1.68. The van der Waals surface area contributed by atoms with Crippen molar-refractivity contribution >= 4 is 11.9 Å². The van der Waals surface area contributed by atoms with Crippen LogP contribution < -0.4 is 0 Å². The minimum absolute atomic E-state index is 0.153. The number of carboxylic acids is 1. The third kappa shape index (κ3) is 2.56. The van der Waals surface area contributed by atoms with Gasteiger partial charge in [0.05, 0.1) is 5.41 Å². The summed E-state index contributed by atoms with van der Waals surface area (Å²) in [6.45, 7) is 12.2. The smallest absolute Gasteiger partial charge is 0.309 e. The number of carbonyl (C=O) groups excluding carboxylic acids is 1. The molecule has 5 nitrogen and oxygen atoms in total. The van der Waals surface area contributed by atoms with E-state index in [0.29, 0.717) is 12.8 Å². The van der Waals surface area contributed by atoms with Gasteiger partial charge in [0.1, 0.15) is 0 Å². The highest BCUT2D eigenvalue weighted by Gasteiger charge is 2.58. The second-order valence-corrected chi connectivity index (χ2v) is 7.21. The minimum atomic E-state index is -0.807. The third-order valence-electron chi connectivity index (χ3n) is 6.13. The molecule has 21 heavy (non-hydrogen) atoms. The number of aliphatic carboxylic acids is 1. The summed E-state index contributed by atoms with van der Waals surface area (Å²) in [7, 11) is 0. The van der Waals surface area contributed by atoms with E-state index in [1.165, 1.54) is 0 Å². The van der Waals surface area contributed by atoms with Gasteiger partial charge in [-0.1, -0.05) is 20.8 Å². The van der Waals surface area contributed by atoms with Crippen LogP contribution >= 0.6 is 0 Å². The Balaban J connectivity index is 2.09. The van der Waals surface area contributed by atoms with Crippen molar-refractivity contribution in [3.05, 3.63) is 0 Å². The zero-order valence-corrected chi connectivity index (χ0v) is 13.7. The van der Waals surface area contributed by atoms with Gasteiger partial charge in [0.2, 0.25) is 5.91 Å². The number of rotatable bonds is 3. The van der Waals surface area contributed by atoms with Crippen LogP contribution in [-0.2, 0) is 9.59 Å². The lowest BCUT2D eigenvalue weighted by Crippen LogP contribution is -2.52. The summed E-state index contributed by atoms with van der Waals surface area (Å²) >= 11 is 0. The zero-order chi connectivity index (χ0) is 15.8. The Morgan fingerprint density at radius 1 is 1.14 bits per heavy atom. The van der Waals surface area contributed by atoms with Gasteiger partial charge < -0.3 is 14.9 Å². The molecule has 1 N–H and O–H groups in total. The number of carboxylic acid groups (broad SMARTS) is 1. The maximum atomic E-state index is 12.8. The lowest BCUT2D eigenvalue weighted by atomic mass is 9.65. The van der Waals surface area contributed by atoms with Crippen molar-refractivity contribution < 1.29 is 14.7 Å². The summed E-state index contributed by atoms with van der Waals surface area (Å²) in [6, 6.07) is 0. The van der Waals surface area contributed by atoms with Crippen molar-refractivity contribution in [2.75, 3.05) is 32.7 Å². The van der Waals surface area contributed by atoms with Gasteiger partial charge in [-0.15, -0.1) is 0 Å². The molecule has 120 valence electrons. The van der Waals surface area contributed by atoms with Crippen molar-refractivity contribution in [3.63, 3.8) is 0 Å². The van der Waals surface area contributed by atoms with E-state index in [4.69, 9.17) is 0 Å². The third-order valence-corrected chi connectivity index (χ3v) is 6.13. The van der Waals surface area contributed by atoms with Gasteiger partial charge in [-0.05, 0) is 31.7 Å². The molecule has 2 atom stereocenters. The molecule has 1 aliphatic carbocycles. The zero-order valence-electron chi connectivity index (χ0n) is 13.7. The molecule has 1 aliphatic heterocycles. The summed E-state index contributed by atoms with van der Waals surface area (Å²) < 4.78 is 0. The van der Waals surface area contributed by atoms with Crippen molar-refractivity contribution in [2.45, 2.75) is 40.5 Å². The van der Waals surface area contributed by atoms with Gasteiger partial charge in [0.15, 0.2) is 0 Å². The van der Waals surface area contributed by atoms with Crippen molar-refractivity contribution in [1.29, 1.82) is 0 Å². The first-order valence-corrected chi connectivity index (χ1v) is 7.98. The summed E-state index contributed by atoms with van der Waals surface area (Å²) in [6.07, 6.45) is 1.27. The molecule has 0 radical (unpaired) electrons. The maximum absolute atomic E-state index is 12.8. The number of carbonyl (C=O) groups is 2. The number of hydrogen-bond acceptors (Lipinski definition) is 3. The molecule has 5 heteroatoms. The van der Waals surface area contributed by atoms with E-state index in [1.54, 1.807) is 6.92 Å². The van der Waals surface area contributed by atoms with Crippen LogP contribution in [0.1, 0.15) is 40.5 Å². The highest BCUT2D eigenvalue weighted by molar-refractivity contribution is 5.84. The quantitative estimate of drug-likeness (QED) is 0.861. The van der Waals surface area contributed by atoms with E-state index in [0.717, 1.165) is 32.7 Å². The highest BCUT2D eigenvalue weighted by atomic mass is 16.4. The molecule has 1 saturated heterocycles. The predicted molar refractivity (Wildman–Crippen MR) is 80.9 cm³/mol. The number of likely N-dealkylation sites (N-methyl/N-ethyl adjacent to an activating group) is 1. The Hall–Kier alpha value is -1.10. The van der Waals surface area contributed by atoms with Crippen LogP contribution in [0.5, 0.6) is 0 Å². The number of amides is 1. The summed E-state index contributed by atoms with van der Waals surface area (Å²) in [5, 5.41) is 9.55. The Bertz CT molecular complexity index is 427. The van der Waals surface area contributed by atoms with E-state index in [-0.39, 0.29) is 11.8 Å². The Morgan fingerprint density at radius 2 is 1.71 bits per heavy atom. The fourth-order valence-corrected chi connectivity index (χ4v) is 3.82. The molecule has 0 spiro atoms. The van der Waals surface area contributed by atoms with Crippen molar-refractivity contribution in [3.8, 4) is 0 Å². The molecule has 2 unspecified atom stereocenters. The molecule has 2 rings (SSSR count). The van der Waals surface area contributed by atoms with E-state index >= 15 is 0 Å². The topological polar surface area (TPSA) is 60.9 Å². The van der Waals surface area contributed by atoms with E-state index < -0.39 is 16.8 Å². The standard InChI is InChI=1S/C16H28N2O3/c1-5-17-8-10-18(11-9-17)13(19)12-6-7-16(4,14(20)21)15(12,2)3/h12H,5-11H2,1-4H3,(H,20,21). The lowest BCUT2D eigenvalue weighted by molar-refractivity contribution is -0.156. The van der Waals surface area contributed by atoms with Crippen LogP contribution in [0.4, 0.5) is 0 Å². The van der Waals surface area contributed by atoms with Crippen molar-refractivity contribution in [2.24, 2.45) is 16.7 Å². The SMILES string of the molecule is CCN1CCN(C(=O)C2CCC(C)(C(=O)O)C2(C)C)CC1. The van der Waals surface area contributed by atoms with Crippen LogP contribution in [0.2, 0.25) is 0 Å². The molecule has 2 aliphatic rings. The number of piperazine rings is 1. The van der Waals surface area contributed by atoms with Gasteiger partial charge in [-0.25, -0.2) is 0 Å². The minimum Gasteiger partial charge on any atom is -0.481 e. The van der Waals surface area contributed by atoms with Gasteiger partial charge in [-0.2, -0.15) is 0 Å².